The van der Waals surface area contributed by atoms with Crippen LogP contribution in [0.4, 0.5) is 0 Å². The summed E-state index contributed by atoms with van der Waals surface area (Å²) in [5, 5.41) is 0.987. The molecule has 4 heteroatoms. The number of aromatic nitrogens is 1. The molecule has 0 saturated heterocycles. The summed E-state index contributed by atoms with van der Waals surface area (Å²) in [5.74, 6) is 0.503. The van der Waals surface area contributed by atoms with Crippen LogP contribution in [0.3, 0.4) is 0 Å². The quantitative estimate of drug-likeness (QED) is 0.848. The first-order valence-electron chi connectivity index (χ1n) is 5.92. The zero-order valence-electron chi connectivity index (χ0n) is 11.1. The van der Waals surface area contributed by atoms with Crippen LogP contribution in [0.2, 0.25) is 0 Å². The van der Waals surface area contributed by atoms with Gasteiger partial charge in [0.25, 0.3) is 0 Å². The summed E-state index contributed by atoms with van der Waals surface area (Å²) in [6.45, 7) is 6.04. The number of H-pyrrole nitrogens is 1. The molecule has 0 amide bonds. The first-order chi connectivity index (χ1) is 8.58. The fourth-order valence-electron chi connectivity index (χ4n) is 2.09. The molecule has 0 spiro atoms. The Kier molecular flexibility index (Phi) is 3.28. The topological polar surface area (TPSA) is 51.3 Å². The number of benzene rings is 1. The van der Waals surface area contributed by atoms with Gasteiger partial charge < -0.3 is 14.5 Å². The van der Waals surface area contributed by atoms with Crippen molar-refractivity contribution in [2.45, 2.75) is 20.8 Å². The van der Waals surface area contributed by atoms with Crippen LogP contribution in [0.1, 0.15) is 28.5 Å². The number of hydrogen-bond donors (Lipinski definition) is 1. The smallest absolute Gasteiger partial charge is 0.355 e. The fourth-order valence-corrected chi connectivity index (χ4v) is 2.09. The molecular weight excluding hydrogens is 230 g/mol. The Balaban J connectivity index is 2.59. The minimum absolute atomic E-state index is 0.317. The van der Waals surface area contributed by atoms with E-state index in [0.29, 0.717) is 12.3 Å². The Hall–Kier alpha value is -1.97. The molecule has 1 aromatic heterocycles. The summed E-state index contributed by atoms with van der Waals surface area (Å²) >= 11 is 0. The van der Waals surface area contributed by atoms with Crippen molar-refractivity contribution in [3.05, 3.63) is 29.0 Å². The second-order valence-corrected chi connectivity index (χ2v) is 4.21. The van der Waals surface area contributed by atoms with E-state index in [0.717, 1.165) is 27.8 Å². The van der Waals surface area contributed by atoms with Crippen LogP contribution in [-0.2, 0) is 4.74 Å². The number of hydrogen-bond acceptors (Lipinski definition) is 3. The molecule has 0 radical (unpaired) electrons. The third-order valence-electron chi connectivity index (χ3n) is 3.05. The minimum atomic E-state index is -0.317. The van der Waals surface area contributed by atoms with Crippen LogP contribution >= 0.6 is 0 Å². The lowest BCUT2D eigenvalue weighted by Crippen LogP contribution is -2.06. The zero-order chi connectivity index (χ0) is 13.3. The first-order valence-corrected chi connectivity index (χ1v) is 5.92. The molecule has 0 unspecified atom stereocenters. The number of rotatable bonds is 3. The Labute approximate surface area is 106 Å². The summed E-state index contributed by atoms with van der Waals surface area (Å²) in [4.78, 5) is 14.9. The number of aromatic amines is 1. The lowest BCUT2D eigenvalue weighted by molar-refractivity contribution is 0.0520. The second-order valence-electron chi connectivity index (χ2n) is 4.21. The largest absolute Gasteiger partial charge is 0.496 e. The highest BCUT2D eigenvalue weighted by Gasteiger charge is 2.16. The van der Waals surface area contributed by atoms with E-state index in [1.54, 1.807) is 14.0 Å². The van der Waals surface area contributed by atoms with Crippen LogP contribution in [0.25, 0.3) is 10.9 Å². The van der Waals surface area contributed by atoms with Gasteiger partial charge >= 0.3 is 5.97 Å². The Morgan fingerprint density at radius 3 is 2.67 bits per heavy atom. The van der Waals surface area contributed by atoms with Crippen molar-refractivity contribution in [1.29, 1.82) is 0 Å². The van der Waals surface area contributed by atoms with E-state index in [2.05, 4.69) is 4.98 Å². The van der Waals surface area contributed by atoms with Gasteiger partial charge in [-0.05, 0) is 44.0 Å². The molecule has 2 rings (SSSR count). The number of aryl methyl sites for hydroxylation is 2. The van der Waals surface area contributed by atoms with Gasteiger partial charge in [0.2, 0.25) is 0 Å². The van der Waals surface area contributed by atoms with Crippen molar-refractivity contribution in [2.24, 2.45) is 0 Å². The van der Waals surface area contributed by atoms with Gasteiger partial charge in [-0.25, -0.2) is 4.79 Å². The van der Waals surface area contributed by atoms with Crippen LogP contribution < -0.4 is 4.74 Å². The molecular formula is C14H17NO3. The van der Waals surface area contributed by atoms with Gasteiger partial charge in [-0.2, -0.15) is 0 Å². The van der Waals surface area contributed by atoms with E-state index in [9.17, 15) is 4.79 Å². The van der Waals surface area contributed by atoms with Gasteiger partial charge in [0.1, 0.15) is 11.4 Å². The summed E-state index contributed by atoms with van der Waals surface area (Å²) in [6, 6.07) is 3.92. The summed E-state index contributed by atoms with van der Waals surface area (Å²) < 4.78 is 10.3. The van der Waals surface area contributed by atoms with Crippen LogP contribution in [0, 0.1) is 13.8 Å². The molecule has 0 atom stereocenters. The maximum atomic E-state index is 11.8. The van der Waals surface area contributed by atoms with Crippen molar-refractivity contribution in [1.82, 2.24) is 4.98 Å². The fraction of sp³-hybridized carbons (Fsp3) is 0.357. The van der Waals surface area contributed by atoms with E-state index in [1.165, 1.54) is 0 Å². The first kappa shape index (κ1) is 12.5. The Morgan fingerprint density at radius 2 is 2.06 bits per heavy atom. The number of fused-ring (bicyclic) bond motifs is 1. The van der Waals surface area contributed by atoms with E-state index >= 15 is 0 Å². The normalized spacial score (nSPS) is 10.7. The van der Waals surface area contributed by atoms with Crippen molar-refractivity contribution >= 4 is 16.9 Å². The maximum Gasteiger partial charge on any atom is 0.355 e. The minimum Gasteiger partial charge on any atom is -0.496 e. The molecule has 1 N–H and O–H groups in total. The number of esters is 1. The van der Waals surface area contributed by atoms with Gasteiger partial charge in [0, 0.05) is 10.9 Å². The number of nitrogens with one attached hydrogen (secondary N) is 1. The third-order valence-corrected chi connectivity index (χ3v) is 3.05. The summed E-state index contributed by atoms with van der Waals surface area (Å²) in [6.07, 6.45) is 0. The molecule has 96 valence electrons. The average molecular weight is 247 g/mol. The predicted octanol–water partition coefficient (Wildman–Crippen LogP) is 2.97. The lowest BCUT2D eigenvalue weighted by atomic mass is 10.1. The van der Waals surface area contributed by atoms with Crippen molar-refractivity contribution in [3.8, 4) is 5.75 Å². The van der Waals surface area contributed by atoms with Gasteiger partial charge in [-0.3, -0.25) is 0 Å². The van der Waals surface area contributed by atoms with E-state index in [4.69, 9.17) is 9.47 Å². The Morgan fingerprint density at radius 1 is 1.33 bits per heavy atom. The molecule has 18 heavy (non-hydrogen) atoms. The number of carbonyl (C=O) groups excluding carboxylic acids is 1. The molecule has 1 heterocycles. The SMILES string of the molecule is CCOC(=O)c1[nH]c2cc(C)c(OC)cc2c1C. The van der Waals surface area contributed by atoms with Crippen LogP contribution in [0.15, 0.2) is 12.1 Å². The van der Waals surface area contributed by atoms with Crippen LogP contribution in [0.5, 0.6) is 5.75 Å². The Bertz CT molecular complexity index is 599. The number of methoxy groups -OCH3 is 1. The van der Waals surface area contributed by atoms with Gasteiger partial charge in [-0.15, -0.1) is 0 Å². The predicted molar refractivity (Wildman–Crippen MR) is 70.3 cm³/mol. The van der Waals surface area contributed by atoms with Gasteiger partial charge in [0.05, 0.1) is 13.7 Å². The maximum absolute atomic E-state index is 11.8. The van der Waals surface area contributed by atoms with Gasteiger partial charge in [-0.1, -0.05) is 0 Å². The lowest BCUT2D eigenvalue weighted by Gasteiger charge is -2.04. The van der Waals surface area contributed by atoms with Crippen molar-refractivity contribution in [2.75, 3.05) is 13.7 Å². The second kappa shape index (κ2) is 4.72. The molecule has 4 nitrogen and oxygen atoms in total. The van der Waals surface area contributed by atoms with E-state index in [-0.39, 0.29) is 5.97 Å². The van der Waals surface area contributed by atoms with Gasteiger partial charge in [0.15, 0.2) is 0 Å². The molecule has 0 aliphatic heterocycles. The number of ether oxygens (including phenoxy) is 2. The molecule has 0 bridgehead atoms. The molecule has 1 aromatic carbocycles. The van der Waals surface area contributed by atoms with Crippen molar-refractivity contribution in [3.63, 3.8) is 0 Å². The van der Waals surface area contributed by atoms with Crippen LogP contribution in [-0.4, -0.2) is 24.7 Å². The molecule has 0 aliphatic rings. The highest BCUT2D eigenvalue weighted by molar-refractivity contribution is 5.98. The highest BCUT2D eigenvalue weighted by atomic mass is 16.5. The average Bonchev–Trinajstić information content (AvgIpc) is 2.65. The van der Waals surface area contributed by atoms with E-state index in [1.807, 2.05) is 26.0 Å². The highest BCUT2D eigenvalue weighted by Crippen LogP contribution is 2.29. The van der Waals surface area contributed by atoms with Crippen molar-refractivity contribution < 1.29 is 14.3 Å². The van der Waals surface area contributed by atoms with E-state index < -0.39 is 0 Å². The third kappa shape index (κ3) is 1.94. The monoisotopic (exact) mass is 247 g/mol. The summed E-state index contributed by atoms with van der Waals surface area (Å²) in [5.41, 5.74) is 3.36. The molecule has 0 fully saturated rings. The summed E-state index contributed by atoms with van der Waals surface area (Å²) in [7, 11) is 1.64. The molecule has 0 saturated carbocycles. The zero-order valence-corrected chi connectivity index (χ0v) is 11.1. The standard InChI is InChI=1S/C14H17NO3/c1-5-18-14(16)13-9(3)10-7-12(17-4)8(2)6-11(10)15-13/h6-7,15H,5H2,1-4H3. The molecule has 2 aromatic rings. The number of carbonyl (C=O) groups is 1. The molecule has 0 aliphatic carbocycles.